The standard InChI is InChI=1S/C13H13NO3S/c15-18(16)14-12-7-4-8-13(9-12)17-10-11-5-2-1-3-6-11/h1-9,14H,10H2,(H,15,16). The van der Waals surface area contributed by atoms with Crippen LogP contribution in [0, 0.1) is 0 Å². The molecule has 0 aliphatic heterocycles. The lowest BCUT2D eigenvalue weighted by molar-refractivity contribution is 0.306. The molecule has 0 saturated carbocycles. The van der Waals surface area contributed by atoms with Gasteiger partial charge < -0.3 is 4.74 Å². The highest BCUT2D eigenvalue weighted by Gasteiger charge is 1.99. The second-order valence-electron chi connectivity index (χ2n) is 3.65. The summed E-state index contributed by atoms with van der Waals surface area (Å²) in [5.74, 6) is 0.648. The van der Waals surface area contributed by atoms with Crippen molar-refractivity contribution in [3.63, 3.8) is 0 Å². The molecular formula is C13H13NO3S. The van der Waals surface area contributed by atoms with E-state index in [9.17, 15) is 4.21 Å². The highest BCUT2D eigenvalue weighted by molar-refractivity contribution is 7.80. The first-order valence-corrected chi connectivity index (χ1v) is 6.49. The van der Waals surface area contributed by atoms with Crippen LogP contribution < -0.4 is 9.46 Å². The number of nitrogens with one attached hydrogen (secondary N) is 1. The van der Waals surface area contributed by atoms with Gasteiger partial charge in [0.15, 0.2) is 0 Å². The molecule has 2 N–H and O–H groups in total. The summed E-state index contributed by atoms with van der Waals surface area (Å²) in [6.45, 7) is 0.465. The Kier molecular flexibility index (Phi) is 4.33. The molecule has 0 bridgehead atoms. The van der Waals surface area contributed by atoms with Crippen LogP contribution in [0.4, 0.5) is 5.69 Å². The van der Waals surface area contributed by atoms with Gasteiger partial charge in [-0.2, -0.15) is 0 Å². The molecule has 0 saturated heterocycles. The van der Waals surface area contributed by atoms with E-state index in [-0.39, 0.29) is 0 Å². The van der Waals surface area contributed by atoms with Gasteiger partial charge in [0.25, 0.3) is 11.3 Å². The Morgan fingerprint density at radius 3 is 2.61 bits per heavy atom. The number of rotatable bonds is 5. The number of ether oxygens (including phenoxy) is 1. The van der Waals surface area contributed by atoms with Gasteiger partial charge >= 0.3 is 0 Å². The molecule has 0 amide bonds. The minimum Gasteiger partial charge on any atom is -0.489 e. The number of benzene rings is 2. The van der Waals surface area contributed by atoms with Crippen LogP contribution >= 0.6 is 0 Å². The van der Waals surface area contributed by atoms with Gasteiger partial charge in [-0.3, -0.25) is 9.27 Å². The van der Waals surface area contributed by atoms with Crippen molar-refractivity contribution in [3.05, 3.63) is 60.2 Å². The van der Waals surface area contributed by atoms with Crippen LogP contribution in [0.15, 0.2) is 54.6 Å². The van der Waals surface area contributed by atoms with Crippen LogP contribution in [0.2, 0.25) is 0 Å². The van der Waals surface area contributed by atoms with E-state index in [1.54, 1.807) is 24.3 Å². The third-order valence-corrected chi connectivity index (χ3v) is 2.70. The monoisotopic (exact) mass is 263 g/mol. The summed E-state index contributed by atoms with van der Waals surface area (Å²) in [7, 11) is 0. The minimum atomic E-state index is -2.07. The highest BCUT2D eigenvalue weighted by Crippen LogP contribution is 2.18. The molecule has 0 aromatic heterocycles. The Labute approximate surface area is 108 Å². The van der Waals surface area contributed by atoms with Gasteiger partial charge in [-0.15, -0.1) is 0 Å². The van der Waals surface area contributed by atoms with Gasteiger partial charge in [-0.05, 0) is 17.7 Å². The SMILES string of the molecule is O=S(O)Nc1cccc(OCc2ccccc2)c1. The van der Waals surface area contributed by atoms with Crippen LogP contribution in [0.1, 0.15) is 5.56 Å². The maximum atomic E-state index is 10.6. The zero-order valence-electron chi connectivity index (χ0n) is 9.58. The van der Waals surface area contributed by atoms with Gasteiger partial charge in [0.1, 0.15) is 12.4 Å². The number of anilines is 1. The van der Waals surface area contributed by atoms with Crippen molar-refractivity contribution in [1.82, 2.24) is 0 Å². The van der Waals surface area contributed by atoms with Crippen LogP contribution in [0.25, 0.3) is 0 Å². The van der Waals surface area contributed by atoms with E-state index in [0.717, 1.165) is 5.56 Å². The molecule has 0 radical (unpaired) electrons. The van der Waals surface area contributed by atoms with Gasteiger partial charge in [0.05, 0.1) is 5.69 Å². The van der Waals surface area contributed by atoms with E-state index in [1.165, 1.54) is 0 Å². The molecule has 2 aromatic carbocycles. The van der Waals surface area contributed by atoms with E-state index in [1.807, 2.05) is 30.3 Å². The number of hydrogen-bond donors (Lipinski definition) is 2. The molecule has 5 heteroatoms. The van der Waals surface area contributed by atoms with Crippen molar-refractivity contribution in [2.45, 2.75) is 6.61 Å². The van der Waals surface area contributed by atoms with Crippen LogP contribution in [-0.4, -0.2) is 8.76 Å². The fraction of sp³-hybridized carbons (Fsp3) is 0.0769. The summed E-state index contributed by atoms with van der Waals surface area (Å²) >= 11 is -2.07. The molecule has 0 spiro atoms. The molecule has 0 fully saturated rings. The van der Waals surface area contributed by atoms with Gasteiger partial charge in [-0.25, -0.2) is 4.21 Å². The first-order valence-electron chi connectivity index (χ1n) is 5.38. The molecule has 1 atom stereocenters. The third kappa shape index (κ3) is 3.87. The highest BCUT2D eigenvalue weighted by atomic mass is 32.2. The van der Waals surface area contributed by atoms with Crippen molar-refractivity contribution < 1.29 is 13.5 Å². The van der Waals surface area contributed by atoms with Gasteiger partial charge in [-0.1, -0.05) is 36.4 Å². The van der Waals surface area contributed by atoms with E-state index in [4.69, 9.17) is 9.29 Å². The lowest BCUT2D eigenvalue weighted by atomic mass is 10.2. The predicted octanol–water partition coefficient (Wildman–Crippen LogP) is 2.81. The Morgan fingerprint density at radius 2 is 1.89 bits per heavy atom. The summed E-state index contributed by atoms with van der Waals surface area (Å²) < 4.78 is 27.3. The molecule has 18 heavy (non-hydrogen) atoms. The summed E-state index contributed by atoms with van der Waals surface area (Å²) in [5, 5.41) is 0. The Hall–Kier alpha value is -1.85. The molecular weight excluding hydrogens is 250 g/mol. The van der Waals surface area contributed by atoms with E-state index < -0.39 is 11.3 Å². The smallest absolute Gasteiger partial charge is 0.259 e. The fourth-order valence-electron chi connectivity index (χ4n) is 1.49. The maximum absolute atomic E-state index is 10.6. The largest absolute Gasteiger partial charge is 0.489 e. The van der Waals surface area contributed by atoms with Crippen molar-refractivity contribution in [2.75, 3.05) is 4.72 Å². The Balaban J connectivity index is 1.99. The average molecular weight is 263 g/mol. The van der Waals surface area contributed by atoms with E-state index >= 15 is 0 Å². The third-order valence-electron chi connectivity index (χ3n) is 2.29. The summed E-state index contributed by atoms with van der Waals surface area (Å²) in [5.41, 5.74) is 1.61. The Morgan fingerprint density at radius 1 is 1.11 bits per heavy atom. The fourth-order valence-corrected chi connectivity index (χ4v) is 1.82. The first kappa shape index (κ1) is 12.6. The van der Waals surface area contributed by atoms with Crippen molar-refractivity contribution >= 4 is 17.0 Å². The second kappa shape index (κ2) is 6.18. The van der Waals surface area contributed by atoms with Crippen LogP contribution in [0.3, 0.4) is 0 Å². The van der Waals surface area contributed by atoms with Crippen molar-refractivity contribution in [3.8, 4) is 5.75 Å². The summed E-state index contributed by atoms with van der Waals surface area (Å²) in [6, 6.07) is 16.7. The van der Waals surface area contributed by atoms with Crippen LogP contribution in [-0.2, 0) is 17.9 Å². The van der Waals surface area contributed by atoms with Crippen molar-refractivity contribution in [1.29, 1.82) is 0 Å². The predicted molar refractivity (Wildman–Crippen MR) is 71.6 cm³/mol. The van der Waals surface area contributed by atoms with Gasteiger partial charge in [0, 0.05) is 6.07 Å². The maximum Gasteiger partial charge on any atom is 0.259 e. The normalized spacial score (nSPS) is 11.8. The lowest BCUT2D eigenvalue weighted by Crippen LogP contribution is -2.02. The van der Waals surface area contributed by atoms with Crippen molar-refractivity contribution in [2.24, 2.45) is 0 Å². The van der Waals surface area contributed by atoms with E-state index in [0.29, 0.717) is 18.0 Å². The first-order chi connectivity index (χ1) is 8.74. The Bertz CT molecular complexity index is 531. The molecule has 2 aromatic rings. The molecule has 94 valence electrons. The molecule has 0 heterocycles. The number of hydrogen-bond acceptors (Lipinski definition) is 2. The molecule has 1 unspecified atom stereocenters. The van der Waals surface area contributed by atoms with E-state index in [2.05, 4.69) is 4.72 Å². The average Bonchev–Trinajstić information content (AvgIpc) is 2.37. The molecule has 0 aliphatic carbocycles. The minimum absolute atomic E-state index is 0.465. The lowest BCUT2D eigenvalue weighted by Gasteiger charge is -2.08. The summed E-state index contributed by atoms with van der Waals surface area (Å²) in [6.07, 6.45) is 0. The molecule has 2 rings (SSSR count). The second-order valence-corrected chi connectivity index (χ2v) is 4.36. The zero-order valence-corrected chi connectivity index (χ0v) is 10.4. The quantitative estimate of drug-likeness (QED) is 0.815. The van der Waals surface area contributed by atoms with Crippen LogP contribution in [0.5, 0.6) is 5.75 Å². The van der Waals surface area contributed by atoms with Gasteiger partial charge in [0.2, 0.25) is 0 Å². The zero-order chi connectivity index (χ0) is 12.8. The molecule has 0 aliphatic rings. The molecule has 4 nitrogen and oxygen atoms in total. The summed E-state index contributed by atoms with van der Waals surface area (Å²) in [4.78, 5) is 0. The topological polar surface area (TPSA) is 58.6 Å².